The summed E-state index contributed by atoms with van der Waals surface area (Å²) >= 11 is 0. The number of hydrogen-bond donors (Lipinski definition) is 1. The number of esters is 1. The summed E-state index contributed by atoms with van der Waals surface area (Å²) in [7, 11) is 0. The number of benzene rings is 1. The van der Waals surface area contributed by atoms with Crippen LogP contribution in [-0.4, -0.2) is 28.4 Å². The number of carbonyl (C=O) groups is 1. The van der Waals surface area contributed by atoms with Gasteiger partial charge in [-0.15, -0.1) is 0 Å². The van der Waals surface area contributed by atoms with E-state index in [9.17, 15) is 9.90 Å². The third-order valence-corrected chi connectivity index (χ3v) is 4.52. The normalized spacial score (nSPS) is 33.7. The summed E-state index contributed by atoms with van der Waals surface area (Å²) in [5.74, 6) is 0.344. The molecule has 2 aliphatic carbocycles. The molecule has 0 saturated heterocycles. The van der Waals surface area contributed by atoms with Crippen LogP contribution in [0, 0.1) is 5.41 Å². The fourth-order valence-corrected chi connectivity index (χ4v) is 3.19. The Bertz CT molecular complexity index is 571. The standard InChI is InChI=1S/C17H22O4/c1-15(2,3)21-14(19)11-5-7-12(8-6-11)20-17-10-16(17,4)9-13(17)18/h5-8,13,18H,9-10H2,1-4H3. The fraction of sp³-hybridized carbons (Fsp3) is 0.588. The van der Waals surface area contributed by atoms with Gasteiger partial charge in [-0.1, -0.05) is 6.92 Å². The zero-order chi connectivity index (χ0) is 15.5. The van der Waals surface area contributed by atoms with Gasteiger partial charge in [0, 0.05) is 5.41 Å². The lowest BCUT2D eigenvalue weighted by Crippen LogP contribution is -2.49. The topological polar surface area (TPSA) is 55.8 Å². The molecule has 3 rings (SSSR count). The SMILES string of the molecule is CC(C)(C)OC(=O)c1ccc(OC23CC2(C)CC3O)cc1. The maximum absolute atomic E-state index is 11.9. The van der Waals surface area contributed by atoms with Crippen molar-refractivity contribution in [1.82, 2.24) is 0 Å². The van der Waals surface area contributed by atoms with Gasteiger partial charge in [-0.05, 0) is 57.9 Å². The Morgan fingerprint density at radius 3 is 2.33 bits per heavy atom. The summed E-state index contributed by atoms with van der Waals surface area (Å²) in [6.07, 6.45) is 1.32. The van der Waals surface area contributed by atoms with E-state index in [1.165, 1.54) is 0 Å². The average molecular weight is 290 g/mol. The van der Waals surface area contributed by atoms with Gasteiger partial charge in [-0.25, -0.2) is 4.79 Å². The molecule has 0 heterocycles. The molecule has 0 amide bonds. The summed E-state index contributed by atoms with van der Waals surface area (Å²) < 4.78 is 11.3. The zero-order valence-electron chi connectivity index (χ0n) is 13.0. The van der Waals surface area contributed by atoms with Crippen molar-refractivity contribution >= 4 is 5.97 Å². The van der Waals surface area contributed by atoms with E-state index in [2.05, 4.69) is 6.92 Å². The highest BCUT2D eigenvalue weighted by Gasteiger charge is 2.79. The molecule has 2 saturated carbocycles. The highest BCUT2D eigenvalue weighted by Crippen LogP contribution is 2.72. The summed E-state index contributed by atoms with van der Waals surface area (Å²) in [5, 5.41) is 9.91. The molecule has 2 aliphatic rings. The molecule has 0 aromatic heterocycles. The minimum atomic E-state index is -0.503. The van der Waals surface area contributed by atoms with Crippen molar-refractivity contribution in [2.24, 2.45) is 5.41 Å². The van der Waals surface area contributed by atoms with Crippen LogP contribution in [0.2, 0.25) is 0 Å². The van der Waals surface area contributed by atoms with Crippen molar-refractivity contribution in [1.29, 1.82) is 0 Å². The van der Waals surface area contributed by atoms with E-state index in [0.29, 0.717) is 11.3 Å². The molecule has 3 unspecified atom stereocenters. The second kappa shape index (κ2) is 4.23. The molecule has 21 heavy (non-hydrogen) atoms. The first-order valence-electron chi connectivity index (χ1n) is 7.36. The Kier molecular flexibility index (Phi) is 2.90. The van der Waals surface area contributed by atoms with Gasteiger partial charge in [-0.3, -0.25) is 0 Å². The molecule has 0 bridgehead atoms. The van der Waals surface area contributed by atoms with Crippen molar-refractivity contribution in [3.63, 3.8) is 0 Å². The quantitative estimate of drug-likeness (QED) is 0.870. The number of aliphatic hydroxyl groups is 1. The fourth-order valence-electron chi connectivity index (χ4n) is 3.19. The van der Waals surface area contributed by atoms with Crippen molar-refractivity contribution in [2.45, 2.75) is 57.8 Å². The Hall–Kier alpha value is -1.55. The summed E-state index contributed by atoms with van der Waals surface area (Å²) in [4.78, 5) is 11.9. The van der Waals surface area contributed by atoms with Crippen LogP contribution in [0.1, 0.15) is 50.9 Å². The predicted molar refractivity (Wildman–Crippen MR) is 78.3 cm³/mol. The van der Waals surface area contributed by atoms with Crippen molar-refractivity contribution < 1.29 is 19.4 Å². The second-order valence-corrected chi connectivity index (χ2v) is 7.48. The largest absolute Gasteiger partial charge is 0.484 e. The Morgan fingerprint density at radius 2 is 1.90 bits per heavy atom. The minimum absolute atomic E-state index is 0.121. The lowest BCUT2D eigenvalue weighted by atomic mass is 9.80. The molecule has 1 N–H and O–H groups in total. The van der Waals surface area contributed by atoms with Crippen LogP contribution in [0.5, 0.6) is 5.75 Å². The Labute approximate surface area is 125 Å². The van der Waals surface area contributed by atoms with Gasteiger partial charge >= 0.3 is 5.97 Å². The molecule has 4 nitrogen and oxygen atoms in total. The van der Waals surface area contributed by atoms with Crippen molar-refractivity contribution in [3.05, 3.63) is 29.8 Å². The molecule has 4 heteroatoms. The van der Waals surface area contributed by atoms with Gasteiger partial charge in [0.15, 0.2) is 0 Å². The van der Waals surface area contributed by atoms with Crippen LogP contribution in [0.15, 0.2) is 24.3 Å². The van der Waals surface area contributed by atoms with Crippen LogP contribution in [0.3, 0.4) is 0 Å². The van der Waals surface area contributed by atoms with Crippen molar-refractivity contribution in [2.75, 3.05) is 0 Å². The molecule has 1 aromatic rings. The number of fused-ring (bicyclic) bond motifs is 1. The predicted octanol–water partition coefficient (Wildman–Crippen LogP) is 2.93. The Morgan fingerprint density at radius 1 is 1.29 bits per heavy atom. The maximum Gasteiger partial charge on any atom is 0.338 e. The molecule has 1 aromatic carbocycles. The number of hydrogen-bond acceptors (Lipinski definition) is 4. The first-order valence-corrected chi connectivity index (χ1v) is 7.36. The molecule has 0 aliphatic heterocycles. The summed E-state index contributed by atoms with van der Waals surface area (Å²) in [6, 6.07) is 6.92. The molecular weight excluding hydrogens is 268 g/mol. The van der Waals surface area contributed by atoms with Gasteiger partial charge in [0.1, 0.15) is 17.0 Å². The number of ether oxygens (including phenoxy) is 2. The van der Waals surface area contributed by atoms with E-state index >= 15 is 0 Å². The van der Waals surface area contributed by atoms with E-state index in [1.807, 2.05) is 20.8 Å². The van der Waals surface area contributed by atoms with Gasteiger partial charge in [0.25, 0.3) is 0 Å². The first-order chi connectivity index (χ1) is 9.65. The number of rotatable bonds is 3. The summed E-state index contributed by atoms with van der Waals surface area (Å²) in [6.45, 7) is 7.66. The van der Waals surface area contributed by atoms with Gasteiger partial charge in [0.2, 0.25) is 0 Å². The van der Waals surface area contributed by atoms with E-state index in [0.717, 1.165) is 12.8 Å². The third-order valence-electron chi connectivity index (χ3n) is 4.52. The molecule has 0 radical (unpaired) electrons. The second-order valence-electron chi connectivity index (χ2n) is 7.48. The lowest BCUT2D eigenvalue weighted by Gasteiger charge is -2.38. The average Bonchev–Trinajstić information content (AvgIpc) is 2.84. The molecule has 114 valence electrons. The molecular formula is C17H22O4. The van der Waals surface area contributed by atoms with Crippen LogP contribution >= 0.6 is 0 Å². The minimum Gasteiger partial charge on any atom is -0.484 e. The zero-order valence-corrected chi connectivity index (χ0v) is 13.0. The first kappa shape index (κ1) is 14.4. The van der Waals surface area contributed by atoms with Gasteiger partial charge < -0.3 is 14.6 Å². The van der Waals surface area contributed by atoms with E-state index in [-0.39, 0.29) is 17.5 Å². The highest BCUT2D eigenvalue weighted by molar-refractivity contribution is 5.89. The van der Waals surface area contributed by atoms with E-state index in [4.69, 9.17) is 9.47 Å². The smallest absolute Gasteiger partial charge is 0.338 e. The lowest BCUT2D eigenvalue weighted by molar-refractivity contribution is -0.0831. The van der Waals surface area contributed by atoms with Crippen LogP contribution < -0.4 is 4.74 Å². The van der Waals surface area contributed by atoms with Gasteiger partial charge in [0.05, 0.1) is 11.7 Å². The van der Waals surface area contributed by atoms with Crippen LogP contribution in [0.25, 0.3) is 0 Å². The maximum atomic E-state index is 11.9. The van der Waals surface area contributed by atoms with Gasteiger partial charge in [-0.2, -0.15) is 0 Å². The van der Waals surface area contributed by atoms with E-state index < -0.39 is 11.2 Å². The van der Waals surface area contributed by atoms with E-state index in [1.54, 1.807) is 24.3 Å². The number of aliphatic hydroxyl groups excluding tert-OH is 1. The monoisotopic (exact) mass is 290 g/mol. The van der Waals surface area contributed by atoms with Crippen LogP contribution in [-0.2, 0) is 4.74 Å². The van der Waals surface area contributed by atoms with Crippen LogP contribution in [0.4, 0.5) is 0 Å². The molecule has 2 fully saturated rings. The molecule has 0 spiro atoms. The number of carbonyl (C=O) groups excluding carboxylic acids is 1. The molecule has 3 atom stereocenters. The summed E-state index contributed by atoms with van der Waals surface area (Å²) in [5.41, 5.74) is -0.282. The van der Waals surface area contributed by atoms with Crippen molar-refractivity contribution in [3.8, 4) is 5.75 Å². The Balaban J connectivity index is 1.67. The third kappa shape index (κ3) is 2.31. The highest BCUT2D eigenvalue weighted by atomic mass is 16.6.